The Morgan fingerprint density at radius 3 is 2.17 bits per heavy atom. The van der Waals surface area contributed by atoms with Gasteiger partial charge in [-0.2, -0.15) is 0 Å². The fourth-order valence-electron chi connectivity index (χ4n) is 2.86. The highest BCUT2D eigenvalue weighted by Gasteiger charge is 2.27. The highest BCUT2D eigenvalue weighted by atomic mass is 16.5. The van der Waals surface area contributed by atoms with Gasteiger partial charge in [-0.15, -0.1) is 0 Å². The van der Waals surface area contributed by atoms with Gasteiger partial charge in [0.25, 0.3) is 0 Å². The van der Waals surface area contributed by atoms with E-state index >= 15 is 0 Å². The number of rotatable bonds is 5. The van der Waals surface area contributed by atoms with Crippen molar-refractivity contribution >= 4 is 11.8 Å². The van der Waals surface area contributed by atoms with Crippen LogP contribution in [-0.4, -0.2) is 11.8 Å². The van der Waals surface area contributed by atoms with Crippen LogP contribution in [-0.2, 0) is 9.53 Å². The summed E-state index contributed by atoms with van der Waals surface area (Å²) < 4.78 is 5.64. The second-order valence-corrected chi connectivity index (χ2v) is 5.90. The Kier molecular flexibility index (Phi) is 5.22. The van der Waals surface area contributed by atoms with Crippen LogP contribution in [0.3, 0.4) is 0 Å². The predicted octanol–water partition coefficient (Wildman–Crippen LogP) is 4.65. The number of carbonyl (C=O) groups is 2. The molecular weight excluding hydrogens is 300 g/mol. The third-order valence-corrected chi connectivity index (χ3v) is 4.18. The third kappa shape index (κ3) is 3.80. The van der Waals surface area contributed by atoms with Crippen LogP contribution in [0.25, 0.3) is 0 Å². The normalized spacial score (nSPS) is 15.2. The number of benzene rings is 2. The van der Waals surface area contributed by atoms with Gasteiger partial charge in [0.2, 0.25) is 5.78 Å². The summed E-state index contributed by atoms with van der Waals surface area (Å²) in [5.41, 5.74) is 1.91. The standard InChI is InChI=1S/C21H20O3/c22-19(16-10-4-1-5-11-16)20(17-12-6-2-7-13-17)24-21(23)18-14-8-3-9-15-18/h1-2,4-7,10-14,20H,3,8-9,15H2. The van der Waals surface area contributed by atoms with Crippen molar-refractivity contribution in [2.75, 3.05) is 0 Å². The van der Waals surface area contributed by atoms with Crippen LogP contribution in [0.2, 0.25) is 0 Å². The molecule has 1 aliphatic rings. The molecule has 0 spiro atoms. The minimum atomic E-state index is -0.913. The second kappa shape index (κ2) is 7.73. The van der Waals surface area contributed by atoms with E-state index in [2.05, 4.69) is 0 Å². The zero-order chi connectivity index (χ0) is 16.8. The maximum Gasteiger partial charge on any atom is 0.334 e. The molecule has 1 atom stereocenters. The van der Waals surface area contributed by atoms with E-state index in [-0.39, 0.29) is 11.8 Å². The zero-order valence-electron chi connectivity index (χ0n) is 13.5. The topological polar surface area (TPSA) is 43.4 Å². The summed E-state index contributed by atoms with van der Waals surface area (Å²) in [5.74, 6) is -0.584. The molecule has 1 aliphatic carbocycles. The van der Waals surface area contributed by atoms with E-state index in [1.807, 2.05) is 42.5 Å². The van der Waals surface area contributed by atoms with Crippen LogP contribution in [0.4, 0.5) is 0 Å². The van der Waals surface area contributed by atoms with E-state index in [0.717, 1.165) is 25.7 Å². The van der Waals surface area contributed by atoms with Gasteiger partial charge in [0.15, 0.2) is 6.10 Å². The van der Waals surface area contributed by atoms with E-state index in [1.165, 1.54) is 0 Å². The van der Waals surface area contributed by atoms with Crippen molar-refractivity contribution < 1.29 is 14.3 Å². The lowest BCUT2D eigenvalue weighted by Gasteiger charge is -2.19. The van der Waals surface area contributed by atoms with Gasteiger partial charge < -0.3 is 4.74 Å². The summed E-state index contributed by atoms with van der Waals surface area (Å²) in [6, 6.07) is 18.1. The molecule has 24 heavy (non-hydrogen) atoms. The van der Waals surface area contributed by atoms with E-state index in [9.17, 15) is 9.59 Å². The number of hydrogen-bond acceptors (Lipinski definition) is 3. The molecule has 3 nitrogen and oxygen atoms in total. The Hall–Kier alpha value is -2.68. The fourth-order valence-corrected chi connectivity index (χ4v) is 2.86. The van der Waals surface area contributed by atoms with Gasteiger partial charge in [-0.05, 0) is 25.7 Å². The molecule has 2 aromatic carbocycles. The van der Waals surface area contributed by atoms with Gasteiger partial charge in [-0.1, -0.05) is 66.7 Å². The first-order valence-electron chi connectivity index (χ1n) is 8.30. The zero-order valence-corrected chi connectivity index (χ0v) is 13.5. The first kappa shape index (κ1) is 16.2. The smallest absolute Gasteiger partial charge is 0.334 e. The predicted molar refractivity (Wildman–Crippen MR) is 92.6 cm³/mol. The van der Waals surface area contributed by atoms with Crippen molar-refractivity contribution in [1.82, 2.24) is 0 Å². The molecule has 0 saturated carbocycles. The molecule has 122 valence electrons. The Labute approximate surface area is 142 Å². The second-order valence-electron chi connectivity index (χ2n) is 5.90. The fraction of sp³-hybridized carbons (Fsp3) is 0.238. The van der Waals surface area contributed by atoms with Gasteiger partial charge in [0, 0.05) is 16.7 Å². The largest absolute Gasteiger partial charge is 0.446 e. The van der Waals surface area contributed by atoms with Gasteiger partial charge in [-0.3, -0.25) is 4.79 Å². The Bertz CT molecular complexity index is 732. The summed E-state index contributed by atoms with van der Waals surface area (Å²) >= 11 is 0. The lowest BCUT2D eigenvalue weighted by atomic mass is 9.98. The first-order valence-corrected chi connectivity index (χ1v) is 8.30. The van der Waals surface area contributed by atoms with Crippen molar-refractivity contribution in [1.29, 1.82) is 0 Å². The average molecular weight is 320 g/mol. The number of Topliss-reactive ketones (excluding diaryl/α,β-unsaturated/α-hetero) is 1. The van der Waals surface area contributed by atoms with Gasteiger partial charge >= 0.3 is 5.97 Å². The molecule has 0 saturated heterocycles. The molecule has 0 fully saturated rings. The molecule has 0 radical (unpaired) electrons. The lowest BCUT2D eigenvalue weighted by Crippen LogP contribution is -2.21. The van der Waals surface area contributed by atoms with Crippen molar-refractivity contribution in [3.63, 3.8) is 0 Å². The van der Waals surface area contributed by atoms with Gasteiger partial charge in [-0.25, -0.2) is 4.79 Å². The quantitative estimate of drug-likeness (QED) is 0.595. The van der Waals surface area contributed by atoms with E-state index in [1.54, 1.807) is 24.3 Å². The van der Waals surface area contributed by atoms with E-state index < -0.39 is 6.10 Å². The summed E-state index contributed by atoms with van der Waals surface area (Å²) in [6.45, 7) is 0. The molecule has 0 N–H and O–H groups in total. The van der Waals surface area contributed by atoms with Crippen molar-refractivity contribution in [3.05, 3.63) is 83.4 Å². The van der Waals surface area contributed by atoms with Crippen molar-refractivity contribution in [2.45, 2.75) is 31.8 Å². The van der Waals surface area contributed by atoms with Crippen LogP contribution in [0.5, 0.6) is 0 Å². The van der Waals surface area contributed by atoms with Gasteiger partial charge in [0.1, 0.15) is 0 Å². The molecule has 3 rings (SSSR count). The highest BCUT2D eigenvalue weighted by molar-refractivity contribution is 6.02. The summed E-state index contributed by atoms with van der Waals surface area (Å²) in [7, 11) is 0. The minimum absolute atomic E-state index is 0.202. The number of esters is 1. The maximum atomic E-state index is 12.9. The van der Waals surface area contributed by atoms with Crippen LogP contribution in [0.1, 0.15) is 47.7 Å². The van der Waals surface area contributed by atoms with Crippen LogP contribution < -0.4 is 0 Å². The number of ether oxygens (including phenoxy) is 1. The maximum absolute atomic E-state index is 12.9. The summed E-state index contributed by atoms with van der Waals surface area (Å²) in [6.07, 6.45) is 4.73. The Balaban J connectivity index is 1.87. The molecule has 1 unspecified atom stereocenters. The minimum Gasteiger partial charge on any atom is -0.446 e. The van der Waals surface area contributed by atoms with E-state index in [4.69, 9.17) is 4.74 Å². The molecule has 0 bridgehead atoms. The average Bonchev–Trinajstić information content (AvgIpc) is 2.67. The third-order valence-electron chi connectivity index (χ3n) is 4.18. The molecule has 0 heterocycles. The van der Waals surface area contributed by atoms with E-state index in [0.29, 0.717) is 16.7 Å². The molecule has 0 aromatic heterocycles. The number of carbonyl (C=O) groups excluding carboxylic acids is 2. The number of ketones is 1. The molecule has 3 heteroatoms. The number of allylic oxidation sites excluding steroid dienone is 1. The Morgan fingerprint density at radius 2 is 1.54 bits per heavy atom. The monoisotopic (exact) mass is 320 g/mol. The van der Waals surface area contributed by atoms with Gasteiger partial charge in [0.05, 0.1) is 0 Å². The van der Waals surface area contributed by atoms with Crippen LogP contribution in [0.15, 0.2) is 72.3 Å². The summed E-state index contributed by atoms with van der Waals surface area (Å²) in [5, 5.41) is 0. The first-order chi connectivity index (χ1) is 11.8. The van der Waals surface area contributed by atoms with Crippen molar-refractivity contribution in [3.8, 4) is 0 Å². The molecule has 2 aromatic rings. The molecular formula is C21H20O3. The van der Waals surface area contributed by atoms with Crippen LogP contribution in [0, 0.1) is 0 Å². The summed E-state index contributed by atoms with van der Waals surface area (Å²) in [4.78, 5) is 25.3. The van der Waals surface area contributed by atoms with Crippen LogP contribution >= 0.6 is 0 Å². The Morgan fingerprint density at radius 1 is 0.875 bits per heavy atom. The molecule has 0 amide bonds. The highest BCUT2D eigenvalue weighted by Crippen LogP contribution is 2.26. The lowest BCUT2D eigenvalue weighted by molar-refractivity contribution is -0.142. The molecule has 0 aliphatic heterocycles. The SMILES string of the molecule is O=C(OC(C(=O)c1ccccc1)c1ccccc1)C1=CCCCC1. The number of hydrogen-bond donors (Lipinski definition) is 0. The van der Waals surface area contributed by atoms with Crippen molar-refractivity contribution in [2.24, 2.45) is 0 Å².